The number of amides is 2. The number of fused-ring (bicyclic) bond motifs is 1. The number of benzene rings is 2. The minimum absolute atomic E-state index is 0.0281. The first-order valence-electron chi connectivity index (χ1n) is 17.5. The lowest BCUT2D eigenvalue weighted by molar-refractivity contribution is -0.121. The summed E-state index contributed by atoms with van der Waals surface area (Å²) in [5.41, 5.74) is 3.28. The van der Waals surface area contributed by atoms with E-state index < -0.39 is 6.09 Å². The predicted octanol–water partition coefficient (Wildman–Crippen LogP) is 4.04. The third-order valence-electron chi connectivity index (χ3n) is 7.51. The maximum atomic E-state index is 12.9. The number of halogens is 1. The quantitative estimate of drug-likeness (QED) is 0.112. The summed E-state index contributed by atoms with van der Waals surface area (Å²) in [7, 11) is 2.88. The maximum absolute atomic E-state index is 12.9. The number of hydrogen-bond acceptors (Lipinski definition) is 12. The number of aromatic nitrogens is 3. The van der Waals surface area contributed by atoms with Crippen molar-refractivity contribution in [2.45, 2.75) is 46.3 Å². The van der Waals surface area contributed by atoms with Gasteiger partial charge in [0, 0.05) is 37.6 Å². The average molecular weight is 743 g/mol. The Kier molecular flexibility index (Phi) is 19.9. The zero-order valence-electron chi connectivity index (χ0n) is 30.9. The predicted molar refractivity (Wildman–Crippen MR) is 194 cm³/mol. The Hall–Kier alpha value is -4.61. The minimum atomic E-state index is -0.584. The van der Waals surface area contributed by atoms with Crippen molar-refractivity contribution in [3.05, 3.63) is 76.9 Å². The van der Waals surface area contributed by atoms with E-state index in [1.165, 1.54) is 31.4 Å². The van der Waals surface area contributed by atoms with Crippen LogP contribution in [0.4, 0.5) is 14.9 Å². The molecule has 0 fully saturated rings. The van der Waals surface area contributed by atoms with Gasteiger partial charge in [-0.1, -0.05) is 19.1 Å². The van der Waals surface area contributed by atoms with Crippen LogP contribution in [0.5, 0.6) is 0 Å². The number of methoxy groups -OCH3 is 1. The van der Waals surface area contributed by atoms with Crippen LogP contribution in [0.3, 0.4) is 0 Å². The third-order valence-corrected chi connectivity index (χ3v) is 7.51. The summed E-state index contributed by atoms with van der Waals surface area (Å²) in [6.07, 6.45) is 3.20. The molecule has 0 atom stereocenters. The van der Waals surface area contributed by atoms with Gasteiger partial charge in [-0.2, -0.15) is 0 Å². The van der Waals surface area contributed by atoms with Crippen molar-refractivity contribution in [3.63, 3.8) is 0 Å². The Morgan fingerprint density at radius 3 is 2.06 bits per heavy atom. The van der Waals surface area contributed by atoms with Crippen LogP contribution in [0.15, 0.2) is 53.7 Å². The van der Waals surface area contributed by atoms with E-state index in [9.17, 15) is 18.8 Å². The van der Waals surface area contributed by atoms with E-state index in [4.69, 9.17) is 23.7 Å². The molecule has 2 N–H and O–H groups in total. The molecule has 4 rings (SSSR count). The van der Waals surface area contributed by atoms with Crippen LogP contribution in [-0.2, 0) is 52.8 Å². The molecular weight excluding hydrogens is 691 g/mol. The summed E-state index contributed by atoms with van der Waals surface area (Å²) in [6.45, 7) is 10.1. The average Bonchev–Trinajstić information content (AvgIpc) is 3.79. The van der Waals surface area contributed by atoms with Gasteiger partial charge in [0.1, 0.15) is 17.3 Å². The van der Waals surface area contributed by atoms with Crippen LogP contribution in [0, 0.1) is 11.7 Å². The highest BCUT2D eigenvalue weighted by molar-refractivity contribution is 6.10. The van der Waals surface area contributed by atoms with Crippen LogP contribution < -0.4 is 10.6 Å². The van der Waals surface area contributed by atoms with E-state index in [0.717, 1.165) is 24.2 Å². The highest BCUT2D eigenvalue weighted by atomic mass is 19.1. The molecule has 2 aromatic carbocycles. The van der Waals surface area contributed by atoms with Gasteiger partial charge in [-0.05, 0) is 60.4 Å². The van der Waals surface area contributed by atoms with Gasteiger partial charge < -0.3 is 33.7 Å². The van der Waals surface area contributed by atoms with Crippen molar-refractivity contribution >= 4 is 29.3 Å². The number of aryl methyl sites for hydroxylation is 1. The van der Waals surface area contributed by atoms with Gasteiger partial charge in [-0.25, -0.2) is 14.2 Å². The minimum Gasteiger partial charge on any atom is -0.453 e. The molecule has 1 aromatic heterocycles. The number of rotatable bonds is 22. The molecule has 0 saturated carbocycles. The second-order valence-electron chi connectivity index (χ2n) is 12.1. The summed E-state index contributed by atoms with van der Waals surface area (Å²) in [4.78, 5) is 38.9. The Morgan fingerprint density at radius 2 is 1.45 bits per heavy atom. The van der Waals surface area contributed by atoms with Crippen LogP contribution in [0.2, 0.25) is 0 Å². The van der Waals surface area contributed by atoms with Crippen molar-refractivity contribution in [2.24, 2.45) is 10.9 Å². The van der Waals surface area contributed by atoms with Gasteiger partial charge in [0.05, 0.1) is 85.1 Å². The fraction of sp³-hybridized carbons (Fsp3) is 0.514. The number of hydrogen-bond donors (Lipinski definition) is 2. The summed E-state index contributed by atoms with van der Waals surface area (Å²) in [6, 6.07) is 10.5. The smallest absolute Gasteiger partial charge is 0.412 e. The van der Waals surface area contributed by atoms with E-state index in [1.807, 2.05) is 10.9 Å². The molecule has 0 spiro atoms. The summed E-state index contributed by atoms with van der Waals surface area (Å²) in [5.74, 6) is 0.511. The molecule has 290 valence electrons. The van der Waals surface area contributed by atoms with Crippen LogP contribution in [0.1, 0.15) is 53.9 Å². The van der Waals surface area contributed by atoms with Crippen molar-refractivity contribution in [2.75, 3.05) is 73.6 Å². The van der Waals surface area contributed by atoms with E-state index in [2.05, 4.69) is 44.5 Å². The molecule has 2 amide bonds. The lowest BCUT2D eigenvalue weighted by Crippen LogP contribution is -2.30. The second-order valence-corrected chi connectivity index (χ2v) is 12.1. The summed E-state index contributed by atoms with van der Waals surface area (Å²) in [5, 5.41) is 13.3. The number of aliphatic imine (C=N–C) groups is 1. The lowest BCUT2D eigenvalue weighted by Gasteiger charge is -2.07. The summed E-state index contributed by atoms with van der Waals surface area (Å²) >= 11 is 0. The van der Waals surface area contributed by atoms with E-state index in [1.54, 1.807) is 25.2 Å². The van der Waals surface area contributed by atoms with E-state index in [0.29, 0.717) is 107 Å². The topological polar surface area (TPSA) is 174 Å². The monoisotopic (exact) mass is 742 g/mol. The van der Waals surface area contributed by atoms with Crippen molar-refractivity contribution in [3.8, 4) is 0 Å². The Balaban J connectivity index is 0.000000294. The molecule has 0 saturated heterocycles. The Labute approximate surface area is 309 Å². The Bertz CT molecular complexity index is 1580. The van der Waals surface area contributed by atoms with Gasteiger partial charge in [0.15, 0.2) is 5.78 Å². The van der Waals surface area contributed by atoms with Crippen LogP contribution in [0.25, 0.3) is 0 Å². The fourth-order valence-corrected chi connectivity index (χ4v) is 4.60. The number of carbonyl (C=O) groups is 3. The molecule has 2 heterocycles. The van der Waals surface area contributed by atoms with Gasteiger partial charge in [0.25, 0.3) is 0 Å². The molecule has 16 heteroatoms. The van der Waals surface area contributed by atoms with E-state index in [-0.39, 0.29) is 17.5 Å². The molecule has 0 radical (unpaired) electrons. The van der Waals surface area contributed by atoms with Crippen molar-refractivity contribution in [1.82, 2.24) is 25.6 Å². The standard InChI is InChI=1S/C20H38N4O6.C17H13FN2O3/c1-18(2)4-6-24-16-19(22-23-24)17-30-15-14-29-13-12-28-11-10-27-9-8-26-7-5-20(25)21-3;1-23-17(22)20-15-9-12-8-11(4-7-14(12)19-15)16(21)10-2-5-13(18)6-3-10/h16,18H,4-15,17H2,1-3H3,(H,21,25);2-8H,9H2,1H3,(H,19,20,22). The molecule has 0 unspecified atom stereocenters. The molecule has 1 aliphatic heterocycles. The first kappa shape index (κ1) is 42.8. The van der Waals surface area contributed by atoms with Gasteiger partial charge in [-0.3, -0.25) is 19.6 Å². The molecule has 0 bridgehead atoms. The number of nitrogens with one attached hydrogen (secondary N) is 2. The van der Waals surface area contributed by atoms with Crippen molar-refractivity contribution in [1.29, 1.82) is 0 Å². The largest absolute Gasteiger partial charge is 0.453 e. The fourth-order valence-electron chi connectivity index (χ4n) is 4.60. The zero-order chi connectivity index (χ0) is 38.3. The highest BCUT2D eigenvalue weighted by Gasteiger charge is 2.19. The second kappa shape index (κ2) is 24.6. The number of carbonyl (C=O) groups excluding carboxylic acids is 3. The Morgan fingerprint density at radius 1 is 0.849 bits per heavy atom. The molecule has 15 nitrogen and oxygen atoms in total. The van der Waals surface area contributed by atoms with Crippen LogP contribution in [-0.4, -0.2) is 112 Å². The number of alkyl carbamates (subject to hydrolysis) is 1. The van der Waals surface area contributed by atoms with Crippen LogP contribution >= 0.6 is 0 Å². The van der Waals surface area contributed by atoms with Crippen molar-refractivity contribution < 1.29 is 47.2 Å². The highest BCUT2D eigenvalue weighted by Crippen LogP contribution is 2.28. The molecule has 1 aliphatic rings. The maximum Gasteiger partial charge on any atom is 0.412 e. The number of ketones is 1. The first-order chi connectivity index (χ1) is 25.7. The van der Waals surface area contributed by atoms with Gasteiger partial charge in [-0.15, -0.1) is 5.10 Å². The number of ether oxygens (including phenoxy) is 6. The lowest BCUT2D eigenvalue weighted by atomic mass is 10.00. The molecule has 53 heavy (non-hydrogen) atoms. The van der Waals surface area contributed by atoms with Gasteiger partial charge >= 0.3 is 6.09 Å². The van der Waals surface area contributed by atoms with E-state index >= 15 is 0 Å². The molecule has 3 aromatic rings. The summed E-state index contributed by atoms with van der Waals surface area (Å²) < 4.78 is 46.4. The first-order valence-corrected chi connectivity index (χ1v) is 17.5. The third kappa shape index (κ3) is 17.2. The SMILES string of the molecule is CNC(=O)CCOCCOCCOCCOCCOCc1cn(CCC(C)C)nn1.COC(=O)NC1=Nc2ccc(C(=O)c3ccc(F)cc3)cc2C1. The van der Waals surface area contributed by atoms with Gasteiger partial charge in [0.2, 0.25) is 5.91 Å². The number of amidine groups is 1. The normalized spacial score (nSPS) is 11.8. The zero-order valence-corrected chi connectivity index (χ0v) is 30.9. The number of nitrogens with zero attached hydrogens (tertiary/aromatic N) is 4. The molecular formula is C37H51FN6O9. The molecule has 0 aliphatic carbocycles.